The zero-order valence-electron chi connectivity index (χ0n) is 20.3. The van der Waals surface area contributed by atoms with Crippen LogP contribution in [-0.2, 0) is 0 Å². The van der Waals surface area contributed by atoms with Crippen molar-refractivity contribution in [2.45, 2.75) is 0 Å². The summed E-state index contributed by atoms with van der Waals surface area (Å²) in [5, 5.41) is 17.1. The van der Waals surface area contributed by atoms with E-state index in [1.807, 2.05) is 48.5 Å². The van der Waals surface area contributed by atoms with Crippen molar-refractivity contribution in [3.05, 3.63) is 121 Å². The van der Waals surface area contributed by atoms with Crippen LogP contribution in [0.25, 0.3) is 22.3 Å². The molecule has 5 aromatic carbocycles. The Morgan fingerprint density at radius 1 is 0.316 bits per heavy atom. The molecule has 0 bridgehead atoms. The van der Waals surface area contributed by atoms with Gasteiger partial charge in [-0.25, -0.2) is 0 Å². The molecule has 0 fully saturated rings. The third-order valence-corrected chi connectivity index (χ3v) is 5.79. The highest BCUT2D eigenvalue weighted by Gasteiger charge is 2.02. The average Bonchev–Trinajstić information content (AvgIpc) is 3.00. The maximum Gasteiger partial charge on any atom is 0.146 e. The number of azo groups is 2. The molecule has 8 heteroatoms. The molecule has 0 amide bonds. The molecule has 0 radical (unpaired) electrons. The number of rotatable bonds is 8. The minimum Gasteiger partial charge on any atom is -0.412 e. The van der Waals surface area contributed by atoms with Gasteiger partial charge >= 0.3 is 0 Å². The van der Waals surface area contributed by atoms with Gasteiger partial charge in [0.05, 0.1) is 22.7 Å². The van der Waals surface area contributed by atoms with Crippen molar-refractivity contribution in [1.82, 2.24) is 0 Å². The molecule has 0 spiro atoms. The molecular formula is C30H24N6O2. The monoisotopic (exact) mass is 500 g/mol. The van der Waals surface area contributed by atoms with E-state index in [1.165, 1.54) is 0 Å². The average molecular weight is 501 g/mol. The Kier molecular flexibility index (Phi) is 7.55. The molecule has 4 N–H and O–H groups in total. The van der Waals surface area contributed by atoms with Gasteiger partial charge in [-0.1, -0.05) is 48.5 Å². The van der Waals surface area contributed by atoms with Gasteiger partial charge in [-0.15, -0.1) is 0 Å². The number of hydrogen-bond acceptors (Lipinski definition) is 8. The minimum absolute atomic E-state index is 0.570. The first-order chi connectivity index (χ1) is 18.7. The van der Waals surface area contributed by atoms with Crippen LogP contribution in [0.2, 0.25) is 0 Å². The molecule has 8 nitrogen and oxygen atoms in total. The van der Waals surface area contributed by atoms with Crippen molar-refractivity contribution in [1.29, 1.82) is 0 Å². The van der Waals surface area contributed by atoms with E-state index >= 15 is 0 Å². The molecule has 0 atom stereocenters. The third kappa shape index (κ3) is 6.14. The summed E-state index contributed by atoms with van der Waals surface area (Å²) >= 11 is 0. The van der Waals surface area contributed by atoms with E-state index in [0.29, 0.717) is 11.5 Å². The first-order valence-electron chi connectivity index (χ1n) is 11.8. The Morgan fingerprint density at radius 3 is 0.763 bits per heavy atom. The SMILES string of the molecule is NOc1ccc(N=Nc2ccc(-c3ccc(-c4ccc(N=Nc5ccc(ON)cc5)cc4)cc3)cc2)cc1. The number of nitrogens with zero attached hydrogens (tertiary/aromatic N) is 4. The predicted octanol–water partition coefficient (Wildman–Crippen LogP) is 8.36. The molecule has 0 saturated heterocycles. The van der Waals surface area contributed by atoms with Crippen LogP contribution in [-0.4, -0.2) is 0 Å². The summed E-state index contributed by atoms with van der Waals surface area (Å²) in [7, 11) is 0. The molecule has 38 heavy (non-hydrogen) atoms. The summed E-state index contributed by atoms with van der Waals surface area (Å²) in [5.74, 6) is 11.4. The fourth-order valence-electron chi connectivity index (χ4n) is 3.71. The molecular weight excluding hydrogens is 476 g/mol. The highest BCUT2D eigenvalue weighted by Crippen LogP contribution is 2.29. The number of nitrogens with two attached hydrogens (primary N) is 2. The summed E-state index contributed by atoms with van der Waals surface area (Å²) in [4.78, 5) is 9.34. The summed E-state index contributed by atoms with van der Waals surface area (Å²) in [6.07, 6.45) is 0. The van der Waals surface area contributed by atoms with E-state index in [1.54, 1.807) is 48.5 Å². The maximum atomic E-state index is 5.14. The first kappa shape index (κ1) is 24.5. The van der Waals surface area contributed by atoms with E-state index < -0.39 is 0 Å². The van der Waals surface area contributed by atoms with Crippen LogP contribution in [0.15, 0.2) is 142 Å². The Bertz CT molecular complexity index is 1410. The molecule has 5 aromatic rings. The number of benzene rings is 5. The second-order valence-electron chi connectivity index (χ2n) is 8.29. The van der Waals surface area contributed by atoms with E-state index in [2.05, 4.69) is 54.4 Å². The highest BCUT2D eigenvalue weighted by atomic mass is 16.6. The van der Waals surface area contributed by atoms with Gasteiger partial charge < -0.3 is 9.68 Å². The van der Waals surface area contributed by atoms with Crippen molar-refractivity contribution in [2.75, 3.05) is 0 Å². The van der Waals surface area contributed by atoms with Gasteiger partial charge in [0.15, 0.2) is 0 Å². The van der Waals surface area contributed by atoms with Crippen LogP contribution in [0.4, 0.5) is 22.7 Å². The molecule has 0 aliphatic heterocycles. The Labute approximate surface area is 219 Å². The molecule has 0 aliphatic carbocycles. The first-order valence-corrected chi connectivity index (χ1v) is 11.8. The Morgan fingerprint density at radius 2 is 0.526 bits per heavy atom. The van der Waals surface area contributed by atoms with E-state index in [-0.39, 0.29) is 0 Å². The molecule has 0 aliphatic rings. The second kappa shape index (κ2) is 11.7. The summed E-state index contributed by atoms with van der Waals surface area (Å²) in [6, 6.07) is 38.4. The maximum absolute atomic E-state index is 5.14. The van der Waals surface area contributed by atoms with Gasteiger partial charge in [-0.3, -0.25) is 0 Å². The summed E-state index contributed by atoms with van der Waals surface area (Å²) in [5.41, 5.74) is 7.40. The molecule has 0 saturated carbocycles. The predicted molar refractivity (Wildman–Crippen MR) is 148 cm³/mol. The lowest BCUT2D eigenvalue weighted by molar-refractivity contribution is 0.334. The summed E-state index contributed by atoms with van der Waals surface area (Å²) in [6.45, 7) is 0. The van der Waals surface area contributed by atoms with Gasteiger partial charge in [0.25, 0.3) is 0 Å². The van der Waals surface area contributed by atoms with Gasteiger partial charge in [-0.2, -0.15) is 32.3 Å². The lowest BCUT2D eigenvalue weighted by atomic mass is 10.00. The number of hydrogen-bond donors (Lipinski definition) is 2. The quantitative estimate of drug-likeness (QED) is 0.164. The topological polar surface area (TPSA) is 120 Å². The van der Waals surface area contributed by atoms with Gasteiger partial charge in [0.2, 0.25) is 0 Å². The van der Waals surface area contributed by atoms with Gasteiger partial charge in [0, 0.05) is 0 Å². The zero-order chi connectivity index (χ0) is 26.2. The fourth-order valence-corrected chi connectivity index (χ4v) is 3.71. The van der Waals surface area contributed by atoms with Crippen LogP contribution in [0.1, 0.15) is 0 Å². The van der Waals surface area contributed by atoms with E-state index in [4.69, 9.17) is 11.8 Å². The van der Waals surface area contributed by atoms with Crippen LogP contribution >= 0.6 is 0 Å². The smallest absolute Gasteiger partial charge is 0.146 e. The Balaban J connectivity index is 1.22. The van der Waals surface area contributed by atoms with Crippen molar-refractivity contribution >= 4 is 22.7 Å². The van der Waals surface area contributed by atoms with E-state index in [9.17, 15) is 0 Å². The normalized spacial score (nSPS) is 11.2. The zero-order valence-corrected chi connectivity index (χ0v) is 20.3. The van der Waals surface area contributed by atoms with Crippen LogP contribution in [0.3, 0.4) is 0 Å². The van der Waals surface area contributed by atoms with Crippen molar-refractivity contribution in [3.63, 3.8) is 0 Å². The van der Waals surface area contributed by atoms with Crippen LogP contribution in [0.5, 0.6) is 11.5 Å². The standard InChI is InChI=1S/C30H24N6O2/c31-37-29-17-13-27(14-18-29)35-33-25-9-5-23(6-10-25)21-1-2-22(4-3-21)24-7-11-26(12-8-24)34-36-28-15-19-30(38-32)20-16-28/h1-20H,31-32H2. The van der Waals surface area contributed by atoms with Crippen molar-refractivity contribution < 1.29 is 9.68 Å². The summed E-state index contributed by atoms with van der Waals surface area (Å²) < 4.78 is 0. The largest absolute Gasteiger partial charge is 0.412 e. The molecule has 5 rings (SSSR count). The highest BCUT2D eigenvalue weighted by molar-refractivity contribution is 5.71. The molecule has 186 valence electrons. The molecule has 0 aromatic heterocycles. The van der Waals surface area contributed by atoms with Crippen LogP contribution < -0.4 is 21.5 Å². The van der Waals surface area contributed by atoms with Crippen molar-refractivity contribution in [2.24, 2.45) is 32.3 Å². The lowest BCUT2D eigenvalue weighted by Gasteiger charge is -2.06. The van der Waals surface area contributed by atoms with Crippen molar-refractivity contribution in [3.8, 4) is 33.8 Å². The lowest BCUT2D eigenvalue weighted by Crippen LogP contribution is -2.00. The Hall–Kier alpha value is -5.18. The third-order valence-electron chi connectivity index (χ3n) is 5.79. The molecule has 0 heterocycles. The fraction of sp³-hybridized carbons (Fsp3) is 0. The van der Waals surface area contributed by atoms with Crippen LogP contribution in [0, 0.1) is 0 Å². The van der Waals surface area contributed by atoms with Gasteiger partial charge in [-0.05, 0) is 95.1 Å². The van der Waals surface area contributed by atoms with E-state index in [0.717, 1.165) is 45.0 Å². The minimum atomic E-state index is 0.570. The second-order valence-corrected chi connectivity index (χ2v) is 8.29. The van der Waals surface area contributed by atoms with Gasteiger partial charge in [0.1, 0.15) is 11.5 Å². The molecule has 0 unspecified atom stereocenters.